The van der Waals surface area contributed by atoms with Crippen molar-refractivity contribution in [3.63, 3.8) is 0 Å². The Balaban J connectivity index is 1.21. The summed E-state index contributed by atoms with van der Waals surface area (Å²) in [7, 11) is 0. The molecular weight excluding hydrogens is 480 g/mol. The molecule has 1 N–H and O–H groups in total. The third kappa shape index (κ3) is 5.05. The lowest BCUT2D eigenvalue weighted by molar-refractivity contribution is -0.149. The summed E-state index contributed by atoms with van der Waals surface area (Å²) in [6.45, 7) is 11.9. The minimum atomic E-state index is -0.290. The maximum Gasteiger partial charge on any atom is 0.327 e. The summed E-state index contributed by atoms with van der Waals surface area (Å²) >= 11 is 0. The molecule has 4 aliphatic rings. The number of carbonyl (C=O) groups is 2. The van der Waals surface area contributed by atoms with Gasteiger partial charge in [0.05, 0.1) is 18.5 Å². The van der Waals surface area contributed by atoms with E-state index in [1.54, 1.807) is 17.2 Å². The summed E-state index contributed by atoms with van der Waals surface area (Å²) in [6, 6.07) is 0.390. The lowest BCUT2D eigenvalue weighted by Crippen LogP contribution is -2.52. The molecule has 210 valence electrons. The molecule has 0 aromatic carbocycles. The van der Waals surface area contributed by atoms with E-state index in [0.717, 1.165) is 42.7 Å². The highest BCUT2D eigenvalue weighted by atomic mass is 16.5. The highest BCUT2D eigenvalue weighted by Gasteiger charge is 2.59. The lowest BCUT2D eigenvalue weighted by Gasteiger charge is -2.58. The van der Waals surface area contributed by atoms with E-state index in [2.05, 4.69) is 42.5 Å². The number of aromatic nitrogens is 3. The number of hydrogen-bond acceptors (Lipinski definition) is 7. The van der Waals surface area contributed by atoms with Gasteiger partial charge in [0.15, 0.2) is 0 Å². The van der Waals surface area contributed by atoms with Crippen LogP contribution in [0.3, 0.4) is 0 Å². The Hall–Kier alpha value is -2.22. The average Bonchev–Trinajstić information content (AvgIpc) is 3.46. The van der Waals surface area contributed by atoms with Gasteiger partial charge >= 0.3 is 11.9 Å². The Morgan fingerprint density at radius 1 is 1.18 bits per heavy atom. The molecule has 3 saturated carbocycles. The normalized spacial score (nSPS) is 36.9. The van der Waals surface area contributed by atoms with Crippen LogP contribution in [-0.4, -0.2) is 45.7 Å². The second-order valence-electron chi connectivity index (χ2n) is 12.8. The average molecular weight is 527 g/mol. The Kier molecular flexibility index (Phi) is 7.73. The first-order valence-corrected chi connectivity index (χ1v) is 14.8. The van der Waals surface area contributed by atoms with Gasteiger partial charge < -0.3 is 14.8 Å². The van der Waals surface area contributed by atoms with Crippen LogP contribution in [0.1, 0.15) is 91.7 Å². The van der Waals surface area contributed by atoms with Crippen molar-refractivity contribution < 1.29 is 19.1 Å². The molecule has 0 unspecified atom stereocenters. The molecule has 0 amide bonds. The summed E-state index contributed by atoms with van der Waals surface area (Å²) in [6.07, 6.45) is 13.9. The smallest absolute Gasteiger partial charge is 0.327 e. The molecule has 4 aliphatic carbocycles. The first kappa shape index (κ1) is 27.4. The number of nitrogens with one attached hydrogen (secondary N) is 1. The molecule has 0 saturated heterocycles. The number of carbonyl (C=O) groups excluding carboxylic acids is 2. The number of esters is 2. The molecule has 8 nitrogen and oxygen atoms in total. The van der Waals surface area contributed by atoms with E-state index < -0.39 is 0 Å². The number of fused-ring (bicyclic) bond motifs is 5. The van der Waals surface area contributed by atoms with Crippen LogP contribution in [0, 0.1) is 34.5 Å². The van der Waals surface area contributed by atoms with Gasteiger partial charge in [-0.2, -0.15) is 0 Å². The van der Waals surface area contributed by atoms with Crippen LogP contribution >= 0.6 is 0 Å². The van der Waals surface area contributed by atoms with Gasteiger partial charge in [-0.25, -0.2) is 4.68 Å². The Morgan fingerprint density at radius 2 is 2.00 bits per heavy atom. The predicted molar refractivity (Wildman–Crippen MR) is 144 cm³/mol. The molecule has 8 atom stereocenters. The van der Waals surface area contributed by atoms with E-state index in [4.69, 9.17) is 9.47 Å². The third-order valence-electron chi connectivity index (χ3n) is 10.9. The van der Waals surface area contributed by atoms with E-state index in [-0.39, 0.29) is 30.0 Å². The first-order valence-electron chi connectivity index (χ1n) is 14.8. The van der Waals surface area contributed by atoms with Gasteiger partial charge in [-0.15, -0.1) is 5.10 Å². The summed E-state index contributed by atoms with van der Waals surface area (Å²) in [4.78, 5) is 23.3. The number of allylic oxidation sites excluding steroid dienone is 1. The van der Waals surface area contributed by atoms with E-state index in [1.165, 1.54) is 39.0 Å². The van der Waals surface area contributed by atoms with E-state index in [0.29, 0.717) is 30.5 Å². The number of hydrogen-bond donors (Lipinski definition) is 1. The largest absolute Gasteiger partial charge is 0.465 e. The minimum absolute atomic E-state index is 0.0618. The fraction of sp³-hybridized carbons (Fsp3) is 0.800. The highest BCUT2D eigenvalue weighted by molar-refractivity contribution is 5.68. The van der Waals surface area contributed by atoms with Crippen molar-refractivity contribution in [3.05, 3.63) is 23.5 Å². The molecule has 0 aliphatic heterocycles. The molecule has 0 spiro atoms. The van der Waals surface area contributed by atoms with Crippen molar-refractivity contribution >= 4 is 11.9 Å². The van der Waals surface area contributed by atoms with Gasteiger partial charge in [-0.1, -0.05) is 30.7 Å². The standard InChI is InChI=1S/C30H46N4O4/c1-6-37-28(36)18-34-17-22(32-33-34)16-31-19(2)25-9-10-26-24-8-7-21-15-23(38-20(3)35)11-13-29(21,4)27(24)12-14-30(25,26)5/h7,17,19,23-27,31H,6,8-16,18H2,1-5H3/t19-,23+,24+,25-,26+,27+,29+,30-/m1/s1. The molecule has 0 bridgehead atoms. The van der Waals surface area contributed by atoms with E-state index in [9.17, 15) is 9.59 Å². The topological polar surface area (TPSA) is 95.3 Å². The fourth-order valence-corrected chi connectivity index (χ4v) is 9.07. The van der Waals surface area contributed by atoms with Crippen LogP contribution in [0.25, 0.3) is 0 Å². The Bertz CT molecular complexity index is 1070. The van der Waals surface area contributed by atoms with Crippen molar-refractivity contribution in [2.75, 3.05) is 6.61 Å². The SMILES string of the molecule is CCOC(=O)Cn1cc(CN[C@H](C)[C@H]2CC[C@H]3[C@@H]4CC=C5C[C@@H](OC(C)=O)CC[C@]5(C)[C@H]4CC[C@]23C)nn1. The van der Waals surface area contributed by atoms with Gasteiger partial charge in [0.25, 0.3) is 0 Å². The summed E-state index contributed by atoms with van der Waals surface area (Å²) < 4.78 is 12.2. The summed E-state index contributed by atoms with van der Waals surface area (Å²) in [5, 5.41) is 12.1. The van der Waals surface area contributed by atoms with Crippen LogP contribution in [0.4, 0.5) is 0 Å². The zero-order valence-electron chi connectivity index (χ0n) is 23.9. The molecule has 1 heterocycles. The summed E-state index contributed by atoms with van der Waals surface area (Å²) in [5.74, 6) is 2.47. The van der Waals surface area contributed by atoms with Gasteiger partial charge in [-0.05, 0) is 93.3 Å². The zero-order valence-corrected chi connectivity index (χ0v) is 23.9. The van der Waals surface area contributed by atoms with E-state index >= 15 is 0 Å². The molecule has 0 radical (unpaired) electrons. The van der Waals surface area contributed by atoms with Gasteiger partial charge in [0, 0.05) is 25.9 Å². The molecule has 1 aromatic heterocycles. The van der Waals surface area contributed by atoms with E-state index in [1.807, 2.05) is 6.20 Å². The molecule has 1 aromatic rings. The molecule has 3 fully saturated rings. The van der Waals surface area contributed by atoms with Gasteiger partial charge in [0.2, 0.25) is 0 Å². The predicted octanol–water partition coefficient (Wildman–Crippen LogP) is 4.83. The van der Waals surface area contributed by atoms with Crippen molar-refractivity contribution in [2.45, 2.75) is 111 Å². The number of nitrogens with zero attached hydrogens (tertiary/aromatic N) is 3. The van der Waals surface area contributed by atoms with Crippen LogP contribution < -0.4 is 5.32 Å². The lowest BCUT2D eigenvalue weighted by atomic mass is 9.47. The second kappa shape index (κ2) is 10.7. The maximum atomic E-state index is 11.7. The third-order valence-corrected chi connectivity index (χ3v) is 10.9. The van der Waals surface area contributed by atoms with Crippen molar-refractivity contribution in [1.29, 1.82) is 0 Å². The van der Waals surface area contributed by atoms with Crippen molar-refractivity contribution in [1.82, 2.24) is 20.3 Å². The summed E-state index contributed by atoms with van der Waals surface area (Å²) in [5.41, 5.74) is 3.02. The molecular formula is C30H46N4O4. The maximum absolute atomic E-state index is 11.7. The number of rotatable bonds is 8. The van der Waals surface area contributed by atoms with Crippen LogP contribution in [0.15, 0.2) is 17.8 Å². The minimum Gasteiger partial charge on any atom is -0.465 e. The molecule has 38 heavy (non-hydrogen) atoms. The first-order chi connectivity index (χ1) is 18.1. The van der Waals surface area contributed by atoms with Gasteiger partial charge in [-0.3, -0.25) is 9.59 Å². The van der Waals surface area contributed by atoms with Crippen molar-refractivity contribution in [2.24, 2.45) is 34.5 Å². The molecule has 5 rings (SSSR count). The van der Waals surface area contributed by atoms with Crippen molar-refractivity contribution in [3.8, 4) is 0 Å². The molecule has 8 heteroatoms. The fourth-order valence-electron chi connectivity index (χ4n) is 9.07. The van der Waals surface area contributed by atoms with Crippen LogP contribution in [0.2, 0.25) is 0 Å². The van der Waals surface area contributed by atoms with Crippen LogP contribution in [-0.2, 0) is 32.2 Å². The monoisotopic (exact) mass is 526 g/mol. The second-order valence-corrected chi connectivity index (χ2v) is 12.8. The Morgan fingerprint density at radius 3 is 2.76 bits per heavy atom. The Labute approximate surface area is 227 Å². The van der Waals surface area contributed by atoms with Crippen LogP contribution in [0.5, 0.6) is 0 Å². The number of ether oxygens (including phenoxy) is 2. The highest BCUT2D eigenvalue weighted by Crippen LogP contribution is 2.66. The zero-order chi connectivity index (χ0) is 27.1. The quantitative estimate of drug-likeness (QED) is 0.383. The van der Waals surface area contributed by atoms with Gasteiger partial charge in [0.1, 0.15) is 12.6 Å².